The number of anilines is 1. The highest BCUT2D eigenvalue weighted by atomic mass is 35.5. The number of ether oxygens (including phenoxy) is 2. The lowest BCUT2D eigenvalue weighted by molar-refractivity contribution is -0.208. The van der Waals surface area contributed by atoms with Crippen LogP contribution in [0, 0.1) is 0 Å². The van der Waals surface area contributed by atoms with Gasteiger partial charge >= 0.3 is 6.18 Å². The molecule has 5 atom stereocenters. The summed E-state index contributed by atoms with van der Waals surface area (Å²) in [6, 6.07) is -1.16. The van der Waals surface area contributed by atoms with Gasteiger partial charge in [0.15, 0.2) is 6.29 Å². The Morgan fingerprint density at radius 2 is 2.13 bits per heavy atom. The molecule has 0 spiro atoms. The predicted molar refractivity (Wildman–Crippen MR) is 70.7 cm³/mol. The topological polar surface area (TPSA) is 96.7 Å². The van der Waals surface area contributed by atoms with Crippen LogP contribution < -0.4 is 5.32 Å². The summed E-state index contributed by atoms with van der Waals surface area (Å²) in [7, 11) is 0. The fourth-order valence-corrected chi connectivity index (χ4v) is 2.75. The molecule has 1 aromatic heterocycles. The van der Waals surface area contributed by atoms with Crippen molar-refractivity contribution >= 4 is 17.4 Å². The third-order valence-corrected chi connectivity index (χ3v) is 4.08. The van der Waals surface area contributed by atoms with Gasteiger partial charge in [-0.25, -0.2) is 9.97 Å². The van der Waals surface area contributed by atoms with Crippen LogP contribution in [0.25, 0.3) is 0 Å². The second kappa shape index (κ2) is 5.42. The highest BCUT2D eigenvalue weighted by Gasteiger charge is 2.57. The molecule has 11 heteroatoms. The average Bonchev–Trinajstić information content (AvgIpc) is 2.81. The summed E-state index contributed by atoms with van der Waals surface area (Å²) in [5.41, 5.74) is -2.27. The van der Waals surface area contributed by atoms with Crippen LogP contribution in [-0.2, 0) is 15.7 Å². The molecule has 3 rings (SSSR count). The normalized spacial score (nSPS) is 37.0. The van der Waals surface area contributed by atoms with E-state index >= 15 is 0 Å². The van der Waals surface area contributed by atoms with Crippen molar-refractivity contribution in [3.63, 3.8) is 0 Å². The summed E-state index contributed by atoms with van der Waals surface area (Å²) < 4.78 is 49.8. The summed E-state index contributed by atoms with van der Waals surface area (Å²) in [4.78, 5) is 6.82. The molecule has 0 unspecified atom stereocenters. The molecule has 2 aliphatic rings. The lowest BCUT2D eigenvalue weighted by Crippen LogP contribution is -2.61. The second-order valence-corrected chi connectivity index (χ2v) is 5.95. The van der Waals surface area contributed by atoms with Crippen molar-refractivity contribution in [2.75, 3.05) is 11.9 Å². The number of alkyl halides is 3. The van der Waals surface area contributed by atoms with Crippen molar-refractivity contribution < 1.29 is 32.9 Å². The Bertz CT molecular complexity index is 620. The molecule has 128 valence electrons. The van der Waals surface area contributed by atoms with Gasteiger partial charge in [0.2, 0.25) is 5.28 Å². The number of fused-ring (bicyclic) bond motifs is 2. The molecular weight excluding hydrogens is 343 g/mol. The summed E-state index contributed by atoms with van der Waals surface area (Å²) in [5.74, 6) is -0.628. The monoisotopic (exact) mass is 355 g/mol. The molecule has 0 aromatic carbocycles. The first-order valence-electron chi connectivity index (χ1n) is 6.64. The van der Waals surface area contributed by atoms with Gasteiger partial charge in [-0.1, -0.05) is 0 Å². The van der Waals surface area contributed by atoms with Gasteiger partial charge in [-0.15, -0.1) is 0 Å². The molecule has 2 aliphatic heterocycles. The third-order valence-electron chi connectivity index (χ3n) is 3.90. The van der Waals surface area contributed by atoms with Crippen LogP contribution in [0.1, 0.15) is 12.5 Å². The zero-order valence-electron chi connectivity index (χ0n) is 11.7. The van der Waals surface area contributed by atoms with Gasteiger partial charge in [-0.05, 0) is 18.5 Å². The Hall–Kier alpha value is -1.20. The van der Waals surface area contributed by atoms with Crippen molar-refractivity contribution in [3.05, 3.63) is 17.0 Å². The molecule has 2 saturated heterocycles. The maximum Gasteiger partial charge on any atom is 0.421 e. The molecule has 1 aromatic rings. The maximum atomic E-state index is 13.0. The Morgan fingerprint density at radius 1 is 1.43 bits per heavy atom. The summed E-state index contributed by atoms with van der Waals surface area (Å²) >= 11 is 5.55. The van der Waals surface area contributed by atoms with E-state index < -0.39 is 53.0 Å². The standard InChI is InChI=1S/C12H13ClF3N3O4/c1-11-3-22-9(23-11)5(6(20)7(11)21)18-8-4(12(14,15)16)2-17-10(13)19-8/h2,5-7,9,20-21H,3H2,1H3,(H,17,18,19)/t5-,6-,7-,9+,11+/m1/s1. The van der Waals surface area contributed by atoms with Gasteiger partial charge in [-0.2, -0.15) is 13.2 Å². The molecule has 2 fully saturated rings. The minimum Gasteiger partial charge on any atom is -0.388 e. The number of halogens is 4. The quantitative estimate of drug-likeness (QED) is 0.675. The van der Waals surface area contributed by atoms with Crippen molar-refractivity contribution in [2.45, 2.75) is 43.2 Å². The summed E-state index contributed by atoms with van der Waals surface area (Å²) in [5, 5.41) is 22.3. The van der Waals surface area contributed by atoms with Crippen LogP contribution in [0.5, 0.6) is 0 Å². The van der Waals surface area contributed by atoms with Gasteiger partial charge in [-0.3, -0.25) is 0 Å². The molecule has 23 heavy (non-hydrogen) atoms. The van der Waals surface area contributed by atoms with Crippen molar-refractivity contribution in [3.8, 4) is 0 Å². The van der Waals surface area contributed by atoms with E-state index in [1.54, 1.807) is 6.92 Å². The minimum atomic E-state index is -4.73. The van der Waals surface area contributed by atoms with Crippen LogP contribution in [-0.4, -0.2) is 56.9 Å². The number of rotatable bonds is 2. The van der Waals surface area contributed by atoms with Gasteiger partial charge in [0.25, 0.3) is 0 Å². The van der Waals surface area contributed by atoms with Crippen LogP contribution in [0.15, 0.2) is 6.20 Å². The lowest BCUT2D eigenvalue weighted by Gasteiger charge is -2.41. The summed E-state index contributed by atoms with van der Waals surface area (Å²) in [6.45, 7) is 1.55. The van der Waals surface area contributed by atoms with E-state index in [0.717, 1.165) is 0 Å². The van der Waals surface area contributed by atoms with E-state index in [9.17, 15) is 23.4 Å². The SMILES string of the molecule is C[C@@]12CO[C@@H](O1)[C@H](Nc1nc(Cl)ncc1C(F)(F)F)[C@@H](O)[C@H]2O. The lowest BCUT2D eigenvalue weighted by atomic mass is 9.89. The van der Waals surface area contributed by atoms with Gasteiger partial charge in [0, 0.05) is 6.20 Å². The highest BCUT2D eigenvalue weighted by molar-refractivity contribution is 6.28. The number of hydrogen-bond acceptors (Lipinski definition) is 7. The van der Waals surface area contributed by atoms with Crippen molar-refractivity contribution in [1.29, 1.82) is 0 Å². The Kier molecular flexibility index (Phi) is 3.92. The molecule has 0 saturated carbocycles. The highest BCUT2D eigenvalue weighted by Crippen LogP contribution is 2.39. The Morgan fingerprint density at radius 3 is 2.78 bits per heavy atom. The van der Waals surface area contributed by atoms with E-state index in [4.69, 9.17) is 21.1 Å². The Balaban J connectivity index is 1.92. The van der Waals surface area contributed by atoms with Crippen molar-refractivity contribution in [1.82, 2.24) is 9.97 Å². The minimum absolute atomic E-state index is 0.00469. The number of nitrogens with one attached hydrogen (secondary N) is 1. The largest absolute Gasteiger partial charge is 0.421 e. The predicted octanol–water partition coefficient (Wildman–Crippen LogP) is 0.796. The second-order valence-electron chi connectivity index (χ2n) is 5.61. The Labute approximate surface area is 133 Å². The number of aliphatic hydroxyl groups is 2. The van der Waals surface area contributed by atoms with E-state index in [0.29, 0.717) is 6.20 Å². The molecule has 3 heterocycles. The van der Waals surface area contributed by atoms with Crippen LogP contribution in [0.2, 0.25) is 5.28 Å². The summed E-state index contributed by atoms with van der Waals surface area (Å²) in [6.07, 6.45) is -7.99. The van der Waals surface area contributed by atoms with Gasteiger partial charge in [0.1, 0.15) is 35.2 Å². The number of hydrogen-bond donors (Lipinski definition) is 3. The number of nitrogens with zero attached hydrogens (tertiary/aromatic N) is 2. The van der Waals surface area contributed by atoms with E-state index in [-0.39, 0.29) is 6.61 Å². The molecule has 2 bridgehead atoms. The van der Waals surface area contributed by atoms with Crippen LogP contribution in [0.4, 0.5) is 19.0 Å². The fourth-order valence-electron chi connectivity index (χ4n) is 2.62. The first kappa shape index (κ1) is 16.7. The van der Waals surface area contributed by atoms with E-state index in [2.05, 4.69) is 15.3 Å². The van der Waals surface area contributed by atoms with Crippen molar-refractivity contribution in [2.24, 2.45) is 0 Å². The third kappa shape index (κ3) is 2.85. The molecule has 0 aliphatic carbocycles. The molecule has 0 amide bonds. The smallest absolute Gasteiger partial charge is 0.388 e. The molecule has 3 N–H and O–H groups in total. The van der Waals surface area contributed by atoms with Gasteiger partial charge in [0.05, 0.1) is 6.61 Å². The fraction of sp³-hybridized carbons (Fsp3) is 0.667. The zero-order valence-corrected chi connectivity index (χ0v) is 12.5. The first-order chi connectivity index (χ1) is 10.6. The van der Waals surface area contributed by atoms with E-state index in [1.165, 1.54) is 0 Å². The number of aromatic nitrogens is 2. The maximum absolute atomic E-state index is 13.0. The van der Waals surface area contributed by atoms with Gasteiger partial charge < -0.3 is 25.0 Å². The first-order valence-corrected chi connectivity index (χ1v) is 7.01. The molecule has 7 nitrogen and oxygen atoms in total. The average molecular weight is 356 g/mol. The number of aliphatic hydroxyl groups excluding tert-OH is 2. The molecular formula is C12H13ClF3N3O4. The van der Waals surface area contributed by atoms with Crippen LogP contribution in [0.3, 0.4) is 0 Å². The van der Waals surface area contributed by atoms with Crippen LogP contribution >= 0.6 is 11.6 Å². The zero-order chi connectivity index (χ0) is 17.0. The molecule has 0 radical (unpaired) electrons. The van der Waals surface area contributed by atoms with E-state index in [1.807, 2.05) is 0 Å².